The maximum absolute atomic E-state index is 12.5. The molecule has 3 aromatic rings. The number of hydrogen-bond acceptors (Lipinski definition) is 3. The van der Waals surface area contributed by atoms with Crippen LogP contribution in [0.4, 0.5) is 0 Å². The van der Waals surface area contributed by atoms with Gasteiger partial charge in [-0.1, -0.05) is 61.4 Å². The smallest absolute Gasteiger partial charge is 0.316 e. The molecular formula is C25H28O2S. The van der Waals surface area contributed by atoms with Crippen molar-refractivity contribution in [1.82, 2.24) is 0 Å². The highest BCUT2D eigenvalue weighted by Crippen LogP contribution is 2.36. The van der Waals surface area contributed by atoms with Crippen LogP contribution in [0.15, 0.2) is 54.6 Å². The molecule has 0 atom stereocenters. The number of ether oxygens (including phenoxy) is 1. The minimum absolute atomic E-state index is 0.0913. The van der Waals surface area contributed by atoms with Crippen LogP contribution in [-0.2, 0) is 15.3 Å². The first kappa shape index (κ1) is 19.3. The Kier molecular flexibility index (Phi) is 5.63. The molecule has 0 aliphatic heterocycles. The largest absolute Gasteiger partial charge is 0.459 e. The van der Waals surface area contributed by atoms with E-state index in [1.807, 2.05) is 0 Å². The summed E-state index contributed by atoms with van der Waals surface area (Å²) in [6.07, 6.45) is 4.87. The van der Waals surface area contributed by atoms with Crippen molar-refractivity contribution in [2.24, 2.45) is 5.92 Å². The van der Waals surface area contributed by atoms with Crippen LogP contribution >= 0.6 is 11.8 Å². The molecule has 0 saturated heterocycles. The first-order valence-corrected chi connectivity index (χ1v) is 11.4. The number of rotatable bonds is 6. The third-order valence-electron chi connectivity index (χ3n) is 6.06. The Morgan fingerprint density at radius 2 is 1.57 bits per heavy atom. The monoisotopic (exact) mass is 392 g/mol. The highest BCUT2D eigenvalue weighted by atomic mass is 32.2. The fourth-order valence-corrected chi connectivity index (χ4v) is 5.37. The zero-order valence-electron chi connectivity index (χ0n) is 16.7. The Balaban J connectivity index is 1.47. The van der Waals surface area contributed by atoms with E-state index in [1.165, 1.54) is 52.8 Å². The Hall–Kier alpha value is -2.00. The van der Waals surface area contributed by atoms with Crippen molar-refractivity contribution < 1.29 is 9.53 Å². The standard InChI is InChI=1S/C25H28O2S/c1-25(2,20-11-5-6-12-20)27-24(26)17-28-16-23-21-13-7-3-9-18(21)15-19-10-4-8-14-22(19)23/h3-4,7-10,13-15,20H,5-6,11-12,16-17H2,1-2H3. The molecule has 0 N–H and O–H groups in total. The van der Waals surface area contributed by atoms with Crippen LogP contribution in [0.25, 0.3) is 21.5 Å². The van der Waals surface area contributed by atoms with Gasteiger partial charge in [0.2, 0.25) is 0 Å². The molecule has 0 spiro atoms. The average molecular weight is 393 g/mol. The number of hydrogen-bond donors (Lipinski definition) is 0. The molecule has 1 aliphatic rings. The van der Waals surface area contributed by atoms with E-state index >= 15 is 0 Å². The van der Waals surface area contributed by atoms with E-state index in [4.69, 9.17) is 4.74 Å². The summed E-state index contributed by atoms with van der Waals surface area (Å²) in [5.41, 5.74) is 0.960. The van der Waals surface area contributed by atoms with E-state index in [0.717, 1.165) is 5.75 Å². The molecule has 0 radical (unpaired) electrons. The van der Waals surface area contributed by atoms with Gasteiger partial charge in [0.15, 0.2) is 0 Å². The quantitative estimate of drug-likeness (QED) is 0.343. The number of esters is 1. The minimum atomic E-state index is -0.347. The van der Waals surface area contributed by atoms with Crippen molar-refractivity contribution in [2.75, 3.05) is 5.75 Å². The highest BCUT2D eigenvalue weighted by Gasteiger charge is 2.35. The van der Waals surface area contributed by atoms with E-state index in [1.54, 1.807) is 11.8 Å². The van der Waals surface area contributed by atoms with Gasteiger partial charge in [0.25, 0.3) is 0 Å². The molecular weight excluding hydrogens is 364 g/mol. The summed E-state index contributed by atoms with van der Waals surface area (Å²) in [4.78, 5) is 12.5. The van der Waals surface area contributed by atoms with Gasteiger partial charge < -0.3 is 4.74 Å². The summed E-state index contributed by atoms with van der Waals surface area (Å²) in [5, 5.41) is 5.05. The lowest BCUT2D eigenvalue weighted by molar-refractivity contribution is -0.158. The predicted molar refractivity (Wildman–Crippen MR) is 120 cm³/mol. The van der Waals surface area contributed by atoms with Gasteiger partial charge in [0.1, 0.15) is 5.60 Å². The van der Waals surface area contributed by atoms with Crippen molar-refractivity contribution in [3.05, 3.63) is 60.2 Å². The minimum Gasteiger partial charge on any atom is -0.459 e. The third kappa shape index (κ3) is 4.05. The van der Waals surface area contributed by atoms with E-state index in [2.05, 4.69) is 68.4 Å². The van der Waals surface area contributed by atoms with Gasteiger partial charge >= 0.3 is 5.97 Å². The fourth-order valence-electron chi connectivity index (χ4n) is 4.53. The van der Waals surface area contributed by atoms with E-state index in [0.29, 0.717) is 11.7 Å². The van der Waals surface area contributed by atoms with Gasteiger partial charge in [-0.05, 0) is 65.8 Å². The second-order valence-electron chi connectivity index (χ2n) is 8.35. The molecule has 0 aromatic heterocycles. The van der Waals surface area contributed by atoms with Crippen LogP contribution < -0.4 is 0 Å². The van der Waals surface area contributed by atoms with Gasteiger partial charge in [0, 0.05) is 5.75 Å². The molecule has 0 bridgehead atoms. The van der Waals surface area contributed by atoms with Crippen LogP contribution in [0.2, 0.25) is 0 Å². The zero-order chi connectivity index (χ0) is 19.6. The number of benzene rings is 3. The summed E-state index contributed by atoms with van der Waals surface area (Å²) in [6.45, 7) is 4.15. The molecule has 146 valence electrons. The SMILES string of the molecule is CC(C)(OC(=O)CSCc1c2ccccc2cc2ccccc12)C1CCCC1. The molecule has 4 rings (SSSR count). The lowest BCUT2D eigenvalue weighted by Crippen LogP contribution is -2.36. The van der Waals surface area contributed by atoms with Crippen molar-refractivity contribution in [3.63, 3.8) is 0 Å². The van der Waals surface area contributed by atoms with Crippen molar-refractivity contribution in [2.45, 2.75) is 50.9 Å². The number of thioether (sulfide) groups is 1. The molecule has 3 heteroatoms. The highest BCUT2D eigenvalue weighted by molar-refractivity contribution is 7.99. The second kappa shape index (κ2) is 8.16. The van der Waals surface area contributed by atoms with Crippen molar-refractivity contribution in [3.8, 4) is 0 Å². The summed E-state index contributed by atoms with van der Waals surface area (Å²) in [5.74, 6) is 1.61. The van der Waals surface area contributed by atoms with Crippen LogP contribution in [-0.4, -0.2) is 17.3 Å². The lowest BCUT2D eigenvalue weighted by atomic mass is 9.89. The van der Waals surface area contributed by atoms with Gasteiger partial charge in [-0.3, -0.25) is 4.79 Å². The molecule has 0 unspecified atom stereocenters. The van der Waals surface area contributed by atoms with Gasteiger partial charge in [-0.15, -0.1) is 11.8 Å². The Morgan fingerprint density at radius 3 is 2.18 bits per heavy atom. The van der Waals surface area contributed by atoms with Gasteiger partial charge in [0.05, 0.1) is 5.75 Å². The van der Waals surface area contributed by atoms with E-state index in [-0.39, 0.29) is 11.6 Å². The Bertz CT molecular complexity index is 932. The van der Waals surface area contributed by atoms with Gasteiger partial charge in [-0.2, -0.15) is 0 Å². The molecule has 1 saturated carbocycles. The molecule has 1 aliphatic carbocycles. The lowest BCUT2D eigenvalue weighted by Gasteiger charge is -2.31. The van der Waals surface area contributed by atoms with Crippen molar-refractivity contribution in [1.29, 1.82) is 0 Å². The van der Waals surface area contributed by atoms with E-state index in [9.17, 15) is 4.79 Å². The first-order chi connectivity index (χ1) is 13.5. The normalized spacial score (nSPS) is 15.4. The van der Waals surface area contributed by atoms with Crippen LogP contribution in [0, 0.1) is 5.92 Å². The van der Waals surface area contributed by atoms with Crippen LogP contribution in [0.1, 0.15) is 45.1 Å². The first-order valence-electron chi connectivity index (χ1n) is 10.2. The summed E-state index contributed by atoms with van der Waals surface area (Å²) >= 11 is 1.65. The number of carbonyl (C=O) groups is 1. The summed E-state index contributed by atoms with van der Waals surface area (Å²) in [7, 11) is 0. The van der Waals surface area contributed by atoms with Crippen molar-refractivity contribution >= 4 is 39.3 Å². The fraction of sp³-hybridized carbons (Fsp3) is 0.400. The third-order valence-corrected chi connectivity index (χ3v) is 7.00. The average Bonchev–Trinajstić information content (AvgIpc) is 3.23. The second-order valence-corrected chi connectivity index (χ2v) is 9.33. The van der Waals surface area contributed by atoms with Gasteiger partial charge in [-0.25, -0.2) is 0 Å². The predicted octanol–water partition coefficient (Wildman–Crippen LogP) is 6.74. The maximum Gasteiger partial charge on any atom is 0.316 e. The number of fused-ring (bicyclic) bond motifs is 2. The van der Waals surface area contributed by atoms with Crippen LogP contribution in [0.3, 0.4) is 0 Å². The Labute approximate surface area is 171 Å². The molecule has 0 heterocycles. The molecule has 3 aromatic carbocycles. The number of carbonyl (C=O) groups excluding carboxylic acids is 1. The topological polar surface area (TPSA) is 26.3 Å². The Morgan fingerprint density at radius 1 is 1.00 bits per heavy atom. The molecule has 1 fully saturated rings. The maximum atomic E-state index is 12.5. The molecule has 28 heavy (non-hydrogen) atoms. The molecule has 0 amide bonds. The van der Waals surface area contributed by atoms with E-state index < -0.39 is 0 Å². The zero-order valence-corrected chi connectivity index (χ0v) is 17.6. The molecule has 2 nitrogen and oxygen atoms in total. The van der Waals surface area contributed by atoms with Crippen LogP contribution in [0.5, 0.6) is 0 Å². The summed E-state index contributed by atoms with van der Waals surface area (Å²) < 4.78 is 5.87. The summed E-state index contributed by atoms with van der Waals surface area (Å²) in [6, 6.07) is 19.3.